The molecule has 3 rings (SSSR count). The first-order chi connectivity index (χ1) is 10.2. The number of anilines is 1. The molecule has 2 N–H and O–H groups in total. The molecule has 0 atom stereocenters. The molecular weight excluding hydrogens is 304 g/mol. The van der Waals surface area contributed by atoms with E-state index in [9.17, 15) is 0 Å². The zero-order valence-corrected chi connectivity index (χ0v) is 12.7. The Balaban J connectivity index is 1.86. The predicted octanol–water partition coefficient (Wildman–Crippen LogP) is 4.20. The first-order valence-corrected chi connectivity index (χ1v) is 7.24. The normalized spacial score (nSPS) is 10.5. The summed E-state index contributed by atoms with van der Waals surface area (Å²) in [5, 5.41) is 11.1. The summed E-state index contributed by atoms with van der Waals surface area (Å²) in [5.74, 6) is 0.811. The summed E-state index contributed by atoms with van der Waals surface area (Å²) >= 11 is 11.3. The van der Waals surface area contributed by atoms with Crippen molar-refractivity contribution in [2.24, 2.45) is 0 Å². The molecule has 0 spiro atoms. The Morgan fingerprint density at radius 3 is 2.71 bits per heavy atom. The van der Waals surface area contributed by atoms with E-state index in [-0.39, 0.29) is 0 Å². The lowest BCUT2D eigenvalue weighted by Gasteiger charge is -2.09. The second kappa shape index (κ2) is 6.11. The predicted molar refractivity (Wildman–Crippen MR) is 87.5 cm³/mol. The van der Waals surface area contributed by atoms with Gasteiger partial charge in [-0.05, 0) is 42.5 Å². The van der Waals surface area contributed by atoms with Gasteiger partial charge in [-0.25, -0.2) is 0 Å². The summed E-state index contributed by atoms with van der Waals surface area (Å²) in [6.07, 6.45) is 0. The zero-order valence-electron chi connectivity index (χ0n) is 11.1. The van der Waals surface area contributed by atoms with E-state index in [0.29, 0.717) is 16.3 Å². The molecule has 1 aromatic heterocycles. The topological polar surface area (TPSA) is 45.6 Å². The third-order valence-corrected chi connectivity index (χ3v) is 3.54. The van der Waals surface area contributed by atoms with Crippen molar-refractivity contribution in [1.29, 1.82) is 0 Å². The first-order valence-electron chi connectivity index (χ1n) is 6.45. The summed E-state index contributed by atoms with van der Waals surface area (Å²) in [7, 11) is 0. The number of rotatable bonds is 4. The van der Waals surface area contributed by atoms with E-state index in [1.165, 1.54) is 0 Å². The van der Waals surface area contributed by atoms with Crippen molar-refractivity contribution in [3.63, 3.8) is 0 Å². The molecule has 0 aliphatic rings. The number of benzene rings is 2. The van der Waals surface area contributed by atoms with Crippen molar-refractivity contribution in [3.05, 3.63) is 70.2 Å². The Bertz CT molecular complexity index is 795. The number of hydrogen-bond donors (Lipinski definition) is 2. The smallest absolute Gasteiger partial charge is 0.199 e. The number of nitrogens with one attached hydrogen (secondary N) is 2. The van der Waals surface area contributed by atoms with Crippen LogP contribution in [-0.2, 0) is 6.54 Å². The molecule has 0 amide bonds. The van der Waals surface area contributed by atoms with E-state index in [1.807, 2.05) is 59.2 Å². The molecule has 2 aromatic carbocycles. The van der Waals surface area contributed by atoms with Crippen LogP contribution in [0.2, 0.25) is 5.02 Å². The molecule has 0 bridgehead atoms. The average Bonchev–Trinajstić information content (AvgIpc) is 2.87. The minimum atomic E-state index is 0.544. The maximum absolute atomic E-state index is 5.97. The number of para-hydroxylation sites is 1. The summed E-state index contributed by atoms with van der Waals surface area (Å²) in [5.41, 5.74) is 1.93. The highest BCUT2D eigenvalue weighted by Crippen LogP contribution is 2.16. The Morgan fingerprint density at radius 1 is 1.14 bits per heavy atom. The van der Waals surface area contributed by atoms with Gasteiger partial charge in [0.1, 0.15) is 0 Å². The molecule has 0 saturated carbocycles. The molecule has 0 unspecified atom stereocenters. The van der Waals surface area contributed by atoms with Crippen LogP contribution in [-0.4, -0.2) is 14.8 Å². The molecule has 21 heavy (non-hydrogen) atoms. The number of aromatic amines is 1. The van der Waals surface area contributed by atoms with Gasteiger partial charge in [-0.15, -0.1) is 0 Å². The van der Waals surface area contributed by atoms with E-state index in [1.54, 1.807) is 0 Å². The van der Waals surface area contributed by atoms with Gasteiger partial charge in [0.05, 0.1) is 6.54 Å². The van der Waals surface area contributed by atoms with E-state index < -0.39 is 0 Å². The van der Waals surface area contributed by atoms with Crippen LogP contribution in [0, 0.1) is 4.77 Å². The van der Waals surface area contributed by atoms with Gasteiger partial charge >= 0.3 is 0 Å². The van der Waals surface area contributed by atoms with Crippen molar-refractivity contribution >= 4 is 29.5 Å². The maximum atomic E-state index is 5.97. The van der Waals surface area contributed by atoms with Crippen molar-refractivity contribution < 1.29 is 0 Å². The lowest BCUT2D eigenvalue weighted by Crippen LogP contribution is -2.07. The van der Waals surface area contributed by atoms with Crippen LogP contribution in [0.25, 0.3) is 5.69 Å². The maximum Gasteiger partial charge on any atom is 0.199 e. The molecule has 0 aliphatic heterocycles. The minimum Gasteiger partial charge on any atom is -0.378 e. The van der Waals surface area contributed by atoms with Crippen LogP contribution >= 0.6 is 23.8 Å². The first kappa shape index (κ1) is 13.9. The largest absolute Gasteiger partial charge is 0.378 e. The van der Waals surface area contributed by atoms with Gasteiger partial charge in [-0.1, -0.05) is 35.9 Å². The van der Waals surface area contributed by atoms with Crippen molar-refractivity contribution in [1.82, 2.24) is 14.8 Å². The average molecular weight is 317 g/mol. The molecule has 0 radical (unpaired) electrons. The highest BCUT2D eigenvalue weighted by Gasteiger charge is 2.07. The third kappa shape index (κ3) is 3.15. The molecule has 0 aliphatic carbocycles. The Kier molecular flexibility index (Phi) is 4.03. The summed E-state index contributed by atoms with van der Waals surface area (Å²) in [6.45, 7) is 0.544. The van der Waals surface area contributed by atoms with Crippen molar-refractivity contribution in [2.75, 3.05) is 5.32 Å². The Hall–Kier alpha value is -2.11. The highest BCUT2D eigenvalue weighted by atomic mass is 35.5. The standard InChI is InChI=1S/C15H13ClN4S/c16-11-5-4-6-12(9-11)17-10-14-18-19-15(21)20(14)13-7-2-1-3-8-13/h1-9,17H,10H2,(H,19,21). The summed E-state index contributed by atoms with van der Waals surface area (Å²) < 4.78 is 2.48. The van der Waals surface area contributed by atoms with E-state index >= 15 is 0 Å². The van der Waals surface area contributed by atoms with Crippen molar-refractivity contribution in [3.8, 4) is 5.69 Å². The number of hydrogen-bond acceptors (Lipinski definition) is 3. The van der Waals surface area contributed by atoms with Crippen LogP contribution in [0.3, 0.4) is 0 Å². The quantitative estimate of drug-likeness (QED) is 0.709. The van der Waals surface area contributed by atoms with Gasteiger partial charge in [-0.2, -0.15) is 5.10 Å². The third-order valence-electron chi connectivity index (χ3n) is 3.03. The van der Waals surface area contributed by atoms with Gasteiger partial charge in [0.2, 0.25) is 0 Å². The van der Waals surface area contributed by atoms with E-state index in [2.05, 4.69) is 15.5 Å². The number of nitrogens with zero attached hydrogens (tertiary/aromatic N) is 2. The minimum absolute atomic E-state index is 0.544. The van der Waals surface area contributed by atoms with Crippen LogP contribution in [0.4, 0.5) is 5.69 Å². The number of H-pyrrole nitrogens is 1. The van der Waals surface area contributed by atoms with Gasteiger partial charge < -0.3 is 5.32 Å². The lowest BCUT2D eigenvalue weighted by molar-refractivity contribution is 0.888. The van der Waals surface area contributed by atoms with Crippen LogP contribution in [0.1, 0.15) is 5.82 Å². The molecule has 4 nitrogen and oxygen atoms in total. The molecule has 3 aromatic rings. The van der Waals surface area contributed by atoms with Crippen LogP contribution in [0.15, 0.2) is 54.6 Å². The van der Waals surface area contributed by atoms with Crippen molar-refractivity contribution in [2.45, 2.75) is 6.54 Å². The Morgan fingerprint density at radius 2 is 1.95 bits per heavy atom. The molecule has 1 heterocycles. The molecular formula is C15H13ClN4S. The summed E-state index contributed by atoms with van der Waals surface area (Å²) in [6, 6.07) is 17.5. The fourth-order valence-corrected chi connectivity index (χ4v) is 2.52. The SMILES string of the molecule is S=c1[nH]nc(CNc2cccc(Cl)c2)n1-c1ccccc1. The second-order valence-corrected chi connectivity index (χ2v) is 5.30. The highest BCUT2D eigenvalue weighted by molar-refractivity contribution is 7.71. The van der Waals surface area contributed by atoms with Gasteiger partial charge in [0.15, 0.2) is 10.6 Å². The Labute approximate surface area is 132 Å². The van der Waals surface area contributed by atoms with Gasteiger partial charge in [0.25, 0.3) is 0 Å². The second-order valence-electron chi connectivity index (χ2n) is 4.48. The van der Waals surface area contributed by atoms with E-state index in [0.717, 1.165) is 17.2 Å². The monoisotopic (exact) mass is 316 g/mol. The van der Waals surface area contributed by atoms with Gasteiger partial charge in [-0.3, -0.25) is 9.67 Å². The number of halogens is 1. The van der Waals surface area contributed by atoms with E-state index in [4.69, 9.17) is 23.8 Å². The van der Waals surface area contributed by atoms with Gasteiger partial charge in [0, 0.05) is 16.4 Å². The molecule has 106 valence electrons. The number of aromatic nitrogens is 3. The summed E-state index contributed by atoms with van der Waals surface area (Å²) in [4.78, 5) is 0. The van der Waals surface area contributed by atoms with Crippen LogP contribution in [0.5, 0.6) is 0 Å². The molecule has 0 fully saturated rings. The fourth-order valence-electron chi connectivity index (χ4n) is 2.07. The van der Waals surface area contributed by atoms with Crippen LogP contribution < -0.4 is 5.32 Å². The fraction of sp³-hybridized carbons (Fsp3) is 0.0667. The molecule has 6 heteroatoms. The molecule has 0 saturated heterocycles. The zero-order chi connectivity index (χ0) is 14.7. The lowest BCUT2D eigenvalue weighted by atomic mass is 10.3.